The summed E-state index contributed by atoms with van der Waals surface area (Å²) in [4.78, 5) is 0. The van der Waals surface area contributed by atoms with Crippen LogP contribution >= 0.6 is 0 Å². The minimum absolute atomic E-state index is 0.244. The Kier molecular flexibility index (Phi) is 6.11. The van der Waals surface area contributed by atoms with Gasteiger partial charge in [-0.05, 0) is 39.0 Å². The van der Waals surface area contributed by atoms with Gasteiger partial charge in [-0.15, -0.1) is 0 Å². The molecule has 0 bridgehead atoms. The highest BCUT2D eigenvalue weighted by Gasteiger charge is 2.42. The second-order valence-electron chi connectivity index (χ2n) is 6.24. The van der Waals surface area contributed by atoms with Crippen LogP contribution in [0.2, 0.25) is 0 Å². The monoisotopic (exact) mass is 269 g/mol. The molecule has 19 heavy (non-hydrogen) atoms. The summed E-state index contributed by atoms with van der Waals surface area (Å²) in [6.45, 7) is 5.20. The summed E-state index contributed by atoms with van der Waals surface area (Å²) < 4.78 is 11.3. The quantitative estimate of drug-likeness (QED) is 0.752. The van der Waals surface area contributed by atoms with Crippen LogP contribution in [-0.4, -0.2) is 38.0 Å². The fraction of sp³-hybridized carbons (Fsp3) is 1.00. The molecular formula is C16H31NO2. The summed E-state index contributed by atoms with van der Waals surface area (Å²) in [6, 6.07) is 1.10. The molecule has 0 amide bonds. The molecule has 0 aliphatic heterocycles. The summed E-state index contributed by atoms with van der Waals surface area (Å²) in [5.41, 5.74) is 0. The Balaban J connectivity index is 1.77. The van der Waals surface area contributed by atoms with E-state index < -0.39 is 0 Å². The van der Waals surface area contributed by atoms with Gasteiger partial charge >= 0.3 is 0 Å². The average molecular weight is 269 g/mol. The van der Waals surface area contributed by atoms with Crippen LogP contribution < -0.4 is 5.32 Å². The molecular weight excluding hydrogens is 238 g/mol. The zero-order chi connectivity index (χ0) is 13.7. The SMILES string of the molecule is CCOC1CC(N[C@@H](C)C2CCCCCC2)C1OC. The normalized spacial score (nSPS) is 34.6. The summed E-state index contributed by atoms with van der Waals surface area (Å²) in [5, 5.41) is 3.80. The molecule has 2 aliphatic carbocycles. The van der Waals surface area contributed by atoms with E-state index >= 15 is 0 Å². The summed E-state index contributed by atoms with van der Waals surface area (Å²) in [6.07, 6.45) is 10.1. The second kappa shape index (κ2) is 7.61. The molecule has 0 aromatic heterocycles. The van der Waals surface area contributed by atoms with Crippen molar-refractivity contribution in [3.63, 3.8) is 0 Å². The van der Waals surface area contributed by atoms with E-state index in [1.165, 1.54) is 38.5 Å². The topological polar surface area (TPSA) is 30.5 Å². The van der Waals surface area contributed by atoms with Crippen molar-refractivity contribution in [2.75, 3.05) is 13.7 Å². The van der Waals surface area contributed by atoms with Crippen molar-refractivity contribution in [3.8, 4) is 0 Å². The van der Waals surface area contributed by atoms with Crippen molar-refractivity contribution in [1.29, 1.82) is 0 Å². The van der Waals surface area contributed by atoms with Gasteiger partial charge in [0.1, 0.15) is 0 Å². The molecule has 2 rings (SSSR count). The van der Waals surface area contributed by atoms with Crippen LogP contribution in [0.4, 0.5) is 0 Å². The third-order valence-corrected chi connectivity index (χ3v) is 4.99. The molecule has 2 saturated carbocycles. The molecule has 2 aliphatic rings. The lowest BCUT2D eigenvalue weighted by molar-refractivity contribution is -0.133. The van der Waals surface area contributed by atoms with Crippen LogP contribution in [0.25, 0.3) is 0 Å². The Morgan fingerprint density at radius 2 is 1.84 bits per heavy atom. The predicted molar refractivity (Wildman–Crippen MR) is 78.4 cm³/mol. The van der Waals surface area contributed by atoms with Gasteiger partial charge in [-0.1, -0.05) is 25.7 Å². The molecule has 3 nitrogen and oxygen atoms in total. The molecule has 0 spiro atoms. The Labute approximate surface area is 118 Å². The van der Waals surface area contributed by atoms with Crippen LogP contribution in [0.15, 0.2) is 0 Å². The first-order valence-corrected chi connectivity index (χ1v) is 8.16. The van der Waals surface area contributed by atoms with Crippen molar-refractivity contribution in [2.24, 2.45) is 5.92 Å². The number of hydrogen-bond donors (Lipinski definition) is 1. The van der Waals surface area contributed by atoms with Gasteiger partial charge in [0, 0.05) is 25.8 Å². The van der Waals surface area contributed by atoms with Crippen molar-refractivity contribution in [3.05, 3.63) is 0 Å². The highest BCUT2D eigenvalue weighted by molar-refractivity contribution is 4.98. The maximum absolute atomic E-state index is 5.69. The molecule has 4 atom stereocenters. The minimum atomic E-state index is 0.244. The standard InChI is InChI=1S/C16H31NO2/c1-4-19-15-11-14(16(15)18-3)17-12(2)13-9-7-5-6-8-10-13/h12-17H,4-11H2,1-3H3/t12-,14?,15?,16?/m0/s1. The number of nitrogens with one attached hydrogen (secondary N) is 1. The van der Waals surface area contributed by atoms with Gasteiger partial charge in [-0.2, -0.15) is 0 Å². The van der Waals surface area contributed by atoms with Gasteiger partial charge in [0.25, 0.3) is 0 Å². The Morgan fingerprint density at radius 1 is 1.16 bits per heavy atom. The maximum Gasteiger partial charge on any atom is 0.0986 e. The van der Waals surface area contributed by atoms with Gasteiger partial charge < -0.3 is 14.8 Å². The van der Waals surface area contributed by atoms with Gasteiger partial charge in [-0.25, -0.2) is 0 Å². The second-order valence-corrected chi connectivity index (χ2v) is 6.24. The van der Waals surface area contributed by atoms with Crippen LogP contribution in [-0.2, 0) is 9.47 Å². The summed E-state index contributed by atoms with van der Waals surface area (Å²) in [7, 11) is 1.81. The van der Waals surface area contributed by atoms with Gasteiger partial charge in [0.15, 0.2) is 0 Å². The van der Waals surface area contributed by atoms with E-state index in [0.717, 1.165) is 18.9 Å². The molecule has 0 aromatic rings. The molecule has 1 N–H and O–H groups in total. The first kappa shape index (κ1) is 15.3. The van der Waals surface area contributed by atoms with Crippen LogP contribution in [0.1, 0.15) is 58.8 Å². The minimum Gasteiger partial charge on any atom is -0.377 e. The van der Waals surface area contributed by atoms with E-state index in [0.29, 0.717) is 18.2 Å². The van der Waals surface area contributed by atoms with Gasteiger partial charge in [0.2, 0.25) is 0 Å². The Morgan fingerprint density at radius 3 is 2.42 bits per heavy atom. The molecule has 0 aromatic carbocycles. The Hall–Kier alpha value is -0.120. The van der Waals surface area contributed by atoms with Crippen molar-refractivity contribution >= 4 is 0 Å². The largest absolute Gasteiger partial charge is 0.377 e. The third kappa shape index (κ3) is 3.93. The van der Waals surface area contributed by atoms with Crippen LogP contribution in [0, 0.1) is 5.92 Å². The highest BCUT2D eigenvalue weighted by Crippen LogP contribution is 2.30. The highest BCUT2D eigenvalue weighted by atomic mass is 16.5. The average Bonchev–Trinajstić information content (AvgIpc) is 2.66. The maximum atomic E-state index is 5.69. The molecule has 0 heterocycles. The summed E-state index contributed by atoms with van der Waals surface area (Å²) in [5.74, 6) is 0.853. The number of hydrogen-bond acceptors (Lipinski definition) is 3. The molecule has 0 saturated heterocycles. The molecule has 2 fully saturated rings. The predicted octanol–water partition coefficient (Wildman–Crippen LogP) is 3.13. The lowest BCUT2D eigenvalue weighted by atomic mass is 9.83. The van der Waals surface area contributed by atoms with Gasteiger partial charge in [-0.3, -0.25) is 0 Å². The van der Waals surface area contributed by atoms with Crippen LogP contribution in [0.3, 0.4) is 0 Å². The van der Waals surface area contributed by atoms with E-state index in [1.807, 2.05) is 0 Å². The van der Waals surface area contributed by atoms with E-state index in [4.69, 9.17) is 9.47 Å². The lowest BCUT2D eigenvalue weighted by Crippen LogP contribution is -2.62. The zero-order valence-electron chi connectivity index (χ0n) is 12.9. The third-order valence-electron chi connectivity index (χ3n) is 4.99. The molecule has 112 valence electrons. The number of ether oxygens (including phenoxy) is 2. The summed E-state index contributed by atoms with van der Waals surface area (Å²) >= 11 is 0. The van der Waals surface area contributed by atoms with E-state index in [2.05, 4.69) is 19.2 Å². The molecule has 3 heteroatoms. The first-order chi connectivity index (χ1) is 9.26. The number of methoxy groups -OCH3 is 1. The number of rotatable bonds is 6. The Bertz CT molecular complexity index is 251. The first-order valence-electron chi connectivity index (χ1n) is 8.16. The van der Waals surface area contributed by atoms with Crippen LogP contribution in [0.5, 0.6) is 0 Å². The van der Waals surface area contributed by atoms with Crippen molar-refractivity contribution < 1.29 is 9.47 Å². The van der Waals surface area contributed by atoms with Crippen molar-refractivity contribution in [2.45, 2.75) is 83.1 Å². The smallest absolute Gasteiger partial charge is 0.0986 e. The molecule has 3 unspecified atom stereocenters. The molecule has 0 radical (unpaired) electrons. The van der Waals surface area contributed by atoms with E-state index in [9.17, 15) is 0 Å². The van der Waals surface area contributed by atoms with E-state index in [1.54, 1.807) is 7.11 Å². The lowest BCUT2D eigenvalue weighted by Gasteiger charge is -2.45. The zero-order valence-corrected chi connectivity index (χ0v) is 12.9. The van der Waals surface area contributed by atoms with Gasteiger partial charge in [0.05, 0.1) is 12.2 Å². The van der Waals surface area contributed by atoms with E-state index in [-0.39, 0.29) is 6.10 Å². The van der Waals surface area contributed by atoms with Crippen molar-refractivity contribution in [1.82, 2.24) is 5.32 Å². The fourth-order valence-corrected chi connectivity index (χ4v) is 3.72. The fourth-order valence-electron chi connectivity index (χ4n) is 3.72.